The third kappa shape index (κ3) is 1840. The van der Waals surface area contributed by atoms with Crippen molar-refractivity contribution in [3.63, 3.8) is 0 Å². The van der Waals surface area contributed by atoms with Crippen LogP contribution in [-0.2, 0) is 41.9 Å². The molecule has 0 radical (unpaired) electrons. The first-order valence-electron chi connectivity index (χ1n) is 4.96. The van der Waals surface area contributed by atoms with Gasteiger partial charge in [-0.3, -0.25) is 10.5 Å². The fraction of sp³-hybridized carbons (Fsp3) is 0. The van der Waals surface area contributed by atoms with E-state index in [2.05, 4.69) is 46.7 Å². The van der Waals surface area contributed by atoms with E-state index in [1.807, 2.05) is 0 Å². The van der Waals surface area contributed by atoms with Crippen molar-refractivity contribution in [1.82, 2.24) is 0 Å². The number of carbonyl (C=O) groups is 1. The van der Waals surface area contributed by atoms with Crippen molar-refractivity contribution in [2.75, 3.05) is 0 Å². The van der Waals surface area contributed by atoms with E-state index in [4.69, 9.17) is 28.0 Å². The van der Waals surface area contributed by atoms with Gasteiger partial charge in [-0.05, 0) is 12.6 Å². The average molecular weight is 406 g/mol. The maximum atomic E-state index is 9.25. The second-order valence-corrected chi connectivity index (χ2v) is 1.76. The summed E-state index contributed by atoms with van der Waals surface area (Å²) in [5.41, 5.74) is 0. The minimum atomic E-state index is -0.981. The first-order chi connectivity index (χ1) is 10.9. The number of rotatable bonds is 3. The molecule has 132 valence electrons. The normalized spacial score (nSPS) is 4.57. The van der Waals surface area contributed by atoms with Gasteiger partial charge in [-0.1, -0.05) is 6.58 Å². The molecule has 0 aromatic carbocycles. The molecule has 0 aliphatic carbocycles. The van der Waals surface area contributed by atoms with Crippen molar-refractivity contribution in [2.24, 2.45) is 0 Å². The molecule has 0 atom stereocenters. The van der Waals surface area contributed by atoms with Crippen molar-refractivity contribution in [1.29, 1.82) is 0 Å². The Morgan fingerprint density at radius 1 is 0.870 bits per heavy atom. The zero-order chi connectivity index (χ0) is 20.5. The predicted octanol–water partition coefficient (Wildman–Crippen LogP) is 2.73. The van der Waals surface area contributed by atoms with E-state index >= 15 is 0 Å². The second kappa shape index (κ2) is 114. The molecule has 0 spiro atoms. The first-order valence-corrected chi connectivity index (χ1v) is 5.97. The van der Waals surface area contributed by atoms with Gasteiger partial charge in [0.2, 0.25) is 0 Å². The summed E-state index contributed by atoms with van der Waals surface area (Å²) in [5.74, 6) is -0.981. The Morgan fingerprint density at radius 2 is 0.957 bits per heavy atom. The Labute approximate surface area is 153 Å². The van der Waals surface area contributed by atoms with Crippen LogP contribution in [0.5, 0.6) is 0 Å². The van der Waals surface area contributed by atoms with Crippen LogP contribution in [0.1, 0.15) is 0 Å². The quantitative estimate of drug-likeness (QED) is 0.285. The number of aliphatic carboxylic acids is 1. The van der Waals surface area contributed by atoms with Gasteiger partial charge in [-0.25, -0.2) is 69.3 Å². The van der Waals surface area contributed by atoms with Crippen LogP contribution in [-0.4, -0.2) is 34.2 Å². The summed E-state index contributed by atoms with van der Waals surface area (Å²) < 4.78 is 8.34. The monoisotopic (exact) mass is 404 g/mol. The van der Waals surface area contributed by atoms with Crippen LogP contribution < -0.4 is 0 Å². The number of hydrogen-bond donors (Lipinski definition) is 3. The zero-order valence-corrected chi connectivity index (χ0v) is 15.3. The summed E-state index contributed by atoms with van der Waals surface area (Å²) in [6.45, 7) is 22.1. The topological polar surface area (TPSA) is 129 Å². The Kier molecular flexibility index (Phi) is 213. The Bertz CT molecular complexity index is 247. The van der Waals surface area contributed by atoms with Gasteiger partial charge >= 0.3 is 33.5 Å². The molecule has 7 nitrogen and oxygen atoms in total. The molecule has 0 aromatic rings. The van der Waals surface area contributed by atoms with Crippen molar-refractivity contribution in [3.8, 4) is 0 Å². The molecule has 0 aliphatic rings. The molecule has 0 unspecified atom stereocenters. The van der Waals surface area contributed by atoms with E-state index in [0.29, 0.717) is 24.7 Å². The number of carbonyl (C=O) groups excluding carboxylic acids is 2. The summed E-state index contributed by atoms with van der Waals surface area (Å²) in [4.78, 5) is 27.1. The van der Waals surface area contributed by atoms with Crippen LogP contribution in [0, 0.1) is 13.8 Å². The van der Waals surface area contributed by atoms with Crippen molar-refractivity contribution >= 4 is 18.5 Å². The van der Waals surface area contributed by atoms with E-state index < -0.39 is 5.97 Å². The van der Waals surface area contributed by atoms with Crippen molar-refractivity contribution in [2.45, 2.75) is 0 Å². The zero-order valence-electron chi connectivity index (χ0n) is 12.8. The molecule has 0 bridgehead atoms. The van der Waals surface area contributed by atoms with Gasteiger partial charge in [0, 0.05) is 6.08 Å². The standard InChI is InChI=1S/C3H4O2.2C3H3O.2C3H5.H2O2.O.Zr/c1-2-3(4)5;2*1-2-3-4;2*1-3-2;1-2;;/h2H,1H2,(H,4,5);2*2H,1H2;2*3H,1-2H2;1-2H;;/q;4*-1;;;. The van der Waals surface area contributed by atoms with E-state index in [9.17, 15) is 4.79 Å². The minimum absolute atomic E-state index is 0.300. The Morgan fingerprint density at radius 3 is 0.957 bits per heavy atom. The third-order valence-electron chi connectivity index (χ3n) is 0.341. The molecule has 3 N–H and O–H groups in total. The summed E-state index contributed by atoms with van der Waals surface area (Å²) in [6, 6.07) is 0. The van der Waals surface area contributed by atoms with Crippen LogP contribution in [0.15, 0.2) is 63.3 Å². The predicted molar refractivity (Wildman–Crippen MR) is 86.7 cm³/mol. The van der Waals surface area contributed by atoms with Gasteiger partial charge in [-0.15, -0.1) is 0 Å². The summed E-state index contributed by atoms with van der Waals surface area (Å²) in [6.07, 6.45) is 8.86. The van der Waals surface area contributed by atoms with Gasteiger partial charge in [0.05, 0.1) is 0 Å². The Hall–Kier alpha value is -2.15. The number of carboxylic acid groups (broad SMARTS) is 1. The molecule has 0 saturated heterocycles. The van der Waals surface area contributed by atoms with Gasteiger partial charge in [-0.2, -0.15) is 0 Å². The third-order valence-corrected chi connectivity index (χ3v) is 0.341. The second-order valence-electron chi connectivity index (χ2n) is 1.76. The van der Waals surface area contributed by atoms with E-state index in [1.165, 1.54) is 24.7 Å². The van der Waals surface area contributed by atoms with Crippen LogP contribution in [0.4, 0.5) is 0 Å². The Balaban J connectivity index is -0.0000000267. The van der Waals surface area contributed by atoms with E-state index in [1.54, 1.807) is 0 Å². The average Bonchev–Trinajstić information content (AvgIpc) is 2.60. The molecule has 0 rings (SSSR count). The molecule has 0 aromatic heterocycles. The summed E-state index contributed by atoms with van der Waals surface area (Å²) in [7, 11) is 0. The summed E-state index contributed by atoms with van der Waals surface area (Å²) >= 11 is 0.300. The fourth-order valence-corrected chi connectivity index (χ4v) is 0. The van der Waals surface area contributed by atoms with Crippen molar-refractivity contribution < 1.29 is 57.5 Å². The number of hydrogen-bond acceptors (Lipinski definition) is 6. The first kappa shape index (κ1) is 42.8. The van der Waals surface area contributed by atoms with Crippen LogP contribution >= 0.6 is 0 Å². The van der Waals surface area contributed by atoms with Gasteiger partial charge in [0.15, 0.2) is 0 Å². The van der Waals surface area contributed by atoms with E-state index in [-0.39, 0.29) is 0 Å². The molecular weight excluding hydrogens is 383 g/mol. The SMILES string of the molecule is C=CC(=O)O.C=C[C-]=O.C=C[C-]=O.C=C[CH2-].C=C[CH2-].OO.[O]=[Zr]. The van der Waals surface area contributed by atoms with Gasteiger partial charge in [0.1, 0.15) is 0 Å². The molecule has 8 heteroatoms. The maximum absolute atomic E-state index is 9.25. The summed E-state index contributed by atoms with van der Waals surface area (Å²) in [5, 5.41) is 19.6. The number of allylic oxidation sites excluding steroid dienone is 4. The van der Waals surface area contributed by atoms with Gasteiger partial charge < -0.3 is 14.7 Å². The molecule has 23 heavy (non-hydrogen) atoms. The van der Waals surface area contributed by atoms with Crippen LogP contribution in [0.3, 0.4) is 0 Å². The van der Waals surface area contributed by atoms with Crippen LogP contribution in [0.25, 0.3) is 0 Å². The molecule has 0 amide bonds. The molecular formula is C15H22O7Zr-4. The fourth-order valence-electron chi connectivity index (χ4n) is 0. The molecule has 0 heterocycles. The number of carboxylic acids is 1. The van der Waals surface area contributed by atoms with Crippen LogP contribution in [0.2, 0.25) is 0 Å². The van der Waals surface area contributed by atoms with E-state index in [0.717, 1.165) is 18.2 Å². The van der Waals surface area contributed by atoms with Gasteiger partial charge in [0.25, 0.3) is 0 Å². The molecule has 0 aliphatic heterocycles. The molecule has 0 saturated carbocycles. The molecule has 0 fully saturated rings. The van der Waals surface area contributed by atoms with Crippen molar-refractivity contribution in [3.05, 3.63) is 77.1 Å².